The van der Waals surface area contributed by atoms with E-state index in [-0.39, 0.29) is 29.6 Å². The van der Waals surface area contributed by atoms with Crippen molar-refractivity contribution >= 4 is 23.2 Å². The van der Waals surface area contributed by atoms with Crippen LogP contribution in [0.1, 0.15) is 26.3 Å². The summed E-state index contributed by atoms with van der Waals surface area (Å²) in [6, 6.07) is 2.94. The molecule has 19 heavy (non-hydrogen) atoms. The molecule has 0 aromatic carbocycles. The van der Waals surface area contributed by atoms with Gasteiger partial charge in [-0.05, 0) is 19.1 Å². The second kappa shape index (κ2) is 5.68. The van der Waals surface area contributed by atoms with Gasteiger partial charge in [-0.3, -0.25) is 4.79 Å². The molecule has 1 aliphatic rings. The molecule has 2 heterocycles. The summed E-state index contributed by atoms with van der Waals surface area (Å²) in [5.74, 6) is -1.25. The summed E-state index contributed by atoms with van der Waals surface area (Å²) in [6.45, 7) is 2.45. The van der Waals surface area contributed by atoms with Gasteiger partial charge in [-0.2, -0.15) is 0 Å². The minimum atomic E-state index is -1.03. The number of aliphatic hydroxyl groups excluding tert-OH is 1. The molecule has 2 atom stereocenters. The first-order valence-electron chi connectivity index (χ1n) is 5.90. The summed E-state index contributed by atoms with van der Waals surface area (Å²) >= 11 is 0.959. The molecule has 1 amide bonds. The SMILES string of the molecule is CC1CN(C(=O)c2ccc(C(=O)O)s2)CC(CO)O1. The molecule has 0 aliphatic carbocycles. The van der Waals surface area contributed by atoms with Gasteiger partial charge in [0.1, 0.15) is 4.88 Å². The Bertz CT molecular complexity index is 486. The third kappa shape index (κ3) is 3.12. The van der Waals surface area contributed by atoms with Crippen LogP contribution in [0.5, 0.6) is 0 Å². The molecule has 0 bridgehead atoms. The fourth-order valence-electron chi connectivity index (χ4n) is 2.04. The molecule has 2 rings (SSSR count). The highest BCUT2D eigenvalue weighted by Crippen LogP contribution is 2.21. The van der Waals surface area contributed by atoms with Gasteiger partial charge in [0.25, 0.3) is 5.91 Å². The summed E-state index contributed by atoms with van der Waals surface area (Å²) in [6.07, 6.45) is -0.527. The van der Waals surface area contributed by atoms with Gasteiger partial charge < -0.3 is 19.8 Å². The lowest BCUT2D eigenvalue weighted by Gasteiger charge is -2.35. The van der Waals surface area contributed by atoms with Crippen LogP contribution in [0.3, 0.4) is 0 Å². The van der Waals surface area contributed by atoms with E-state index in [1.807, 2.05) is 6.92 Å². The molecule has 1 aromatic heterocycles. The zero-order valence-electron chi connectivity index (χ0n) is 10.4. The van der Waals surface area contributed by atoms with E-state index in [9.17, 15) is 9.59 Å². The molecular weight excluding hydrogens is 270 g/mol. The fraction of sp³-hybridized carbons (Fsp3) is 0.500. The summed E-state index contributed by atoms with van der Waals surface area (Å²) in [5, 5.41) is 18.0. The fourth-order valence-corrected chi connectivity index (χ4v) is 2.85. The average Bonchev–Trinajstić information content (AvgIpc) is 2.86. The van der Waals surface area contributed by atoms with Gasteiger partial charge in [0.2, 0.25) is 0 Å². The Kier molecular flexibility index (Phi) is 4.18. The van der Waals surface area contributed by atoms with Crippen LogP contribution in [0.4, 0.5) is 0 Å². The molecule has 0 radical (unpaired) electrons. The van der Waals surface area contributed by atoms with Crippen LogP contribution in [0.15, 0.2) is 12.1 Å². The predicted octanol–water partition coefficient (Wildman–Crippen LogP) is 0.668. The van der Waals surface area contributed by atoms with Gasteiger partial charge in [-0.15, -0.1) is 11.3 Å². The number of ether oxygens (including phenoxy) is 1. The Balaban J connectivity index is 2.11. The van der Waals surface area contributed by atoms with Gasteiger partial charge in [0.05, 0.1) is 23.7 Å². The number of carboxylic acids is 1. The summed E-state index contributed by atoms with van der Waals surface area (Å²) in [5.41, 5.74) is 0. The standard InChI is InChI=1S/C12H15NO5S/c1-7-4-13(5-8(6-14)18-7)11(15)9-2-3-10(19-9)12(16)17/h2-3,7-8,14H,4-6H2,1H3,(H,16,17). The van der Waals surface area contributed by atoms with E-state index in [2.05, 4.69) is 0 Å². The van der Waals surface area contributed by atoms with Crippen molar-refractivity contribution in [2.75, 3.05) is 19.7 Å². The molecule has 6 nitrogen and oxygen atoms in total. The zero-order chi connectivity index (χ0) is 14.0. The quantitative estimate of drug-likeness (QED) is 0.852. The Labute approximate surface area is 114 Å². The van der Waals surface area contributed by atoms with Crippen LogP contribution in [0.2, 0.25) is 0 Å². The largest absolute Gasteiger partial charge is 0.477 e. The van der Waals surface area contributed by atoms with Crippen LogP contribution < -0.4 is 0 Å². The zero-order valence-corrected chi connectivity index (χ0v) is 11.2. The lowest BCUT2D eigenvalue weighted by molar-refractivity contribution is -0.0857. The van der Waals surface area contributed by atoms with Crippen molar-refractivity contribution in [1.82, 2.24) is 4.90 Å². The number of amides is 1. The monoisotopic (exact) mass is 285 g/mol. The number of morpholine rings is 1. The van der Waals surface area contributed by atoms with E-state index in [4.69, 9.17) is 14.9 Å². The van der Waals surface area contributed by atoms with E-state index in [1.54, 1.807) is 4.90 Å². The first kappa shape index (κ1) is 14.0. The number of thiophene rings is 1. The van der Waals surface area contributed by atoms with Crippen molar-refractivity contribution < 1.29 is 24.5 Å². The third-order valence-electron chi connectivity index (χ3n) is 2.84. The van der Waals surface area contributed by atoms with Crippen LogP contribution >= 0.6 is 11.3 Å². The number of carbonyl (C=O) groups is 2. The highest BCUT2D eigenvalue weighted by molar-refractivity contribution is 7.15. The molecule has 0 saturated carbocycles. The van der Waals surface area contributed by atoms with E-state index in [0.29, 0.717) is 18.0 Å². The molecule has 0 spiro atoms. The summed E-state index contributed by atoms with van der Waals surface area (Å²) in [4.78, 5) is 25.2. The van der Waals surface area contributed by atoms with Crippen LogP contribution in [0.25, 0.3) is 0 Å². The molecule has 1 fully saturated rings. The maximum atomic E-state index is 12.2. The van der Waals surface area contributed by atoms with Crippen molar-refractivity contribution in [3.8, 4) is 0 Å². The molecular formula is C12H15NO5S. The number of rotatable bonds is 3. The van der Waals surface area contributed by atoms with E-state index < -0.39 is 5.97 Å². The Morgan fingerprint density at radius 3 is 2.68 bits per heavy atom. The molecule has 7 heteroatoms. The Morgan fingerprint density at radius 2 is 2.11 bits per heavy atom. The van der Waals surface area contributed by atoms with Crippen molar-refractivity contribution in [2.24, 2.45) is 0 Å². The van der Waals surface area contributed by atoms with Gasteiger partial charge >= 0.3 is 5.97 Å². The number of hydrogen-bond acceptors (Lipinski definition) is 5. The van der Waals surface area contributed by atoms with Gasteiger partial charge in [0.15, 0.2) is 0 Å². The van der Waals surface area contributed by atoms with E-state index in [0.717, 1.165) is 11.3 Å². The first-order valence-corrected chi connectivity index (χ1v) is 6.71. The van der Waals surface area contributed by atoms with Crippen LogP contribution in [-0.2, 0) is 4.74 Å². The van der Waals surface area contributed by atoms with E-state index in [1.165, 1.54) is 12.1 Å². The van der Waals surface area contributed by atoms with Crippen molar-refractivity contribution in [3.05, 3.63) is 21.9 Å². The maximum Gasteiger partial charge on any atom is 0.345 e. The highest BCUT2D eigenvalue weighted by atomic mass is 32.1. The number of nitrogens with zero attached hydrogens (tertiary/aromatic N) is 1. The highest BCUT2D eigenvalue weighted by Gasteiger charge is 2.29. The molecule has 104 valence electrons. The van der Waals surface area contributed by atoms with Crippen molar-refractivity contribution in [1.29, 1.82) is 0 Å². The maximum absolute atomic E-state index is 12.2. The van der Waals surface area contributed by atoms with E-state index >= 15 is 0 Å². The number of carboxylic acid groups (broad SMARTS) is 1. The molecule has 2 unspecified atom stereocenters. The lowest BCUT2D eigenvalue weighted by Crippen LogP contribution is -2.50. The van der Waals surface area contributed by atoms with Crippen LogP contribution in [0, 0.1) is 0 Å². The van der Waals surface area contributed by atoms with Crippen molar-refractivity contribution in [3.63, 3.8) is 0 Å². The van der Waals surface area contributed by atoms with Gasteiger partial charge in [0, 0.05) is 13.1 Å². The average molecular weight is 285 g/mol. The number of aromatic carboxylic acids is 1. The van der Waals surface area contributed by atoms with Gasteiger partial charge in [-0.25, -0.2) is 4.79 Å². The second-order valence-corrected chi connectivity index (χ2v) is 5.51. The normalized spacial score (nSPS) is 23.4. The lowest BCUT2D eigenvalue weighted by atomic mass is 10.2. The minimum absolute atomic E-state index is 0.140. The minimum Gasteiger partial charge on any atom is -0.477 e. The second-order valence-electron chi connectivity index (χ2n) is 4.43. The number of carbonyl (C=O) groups excluding carboxylic acids is 1. The first-order chi connectivity index (χ1) is 9.01. The summed E-state index contributed by atoms with van der Waals surface area (Å²) < 4.78 is 5.46. The molecule has 1 aliphatic heterocycles. The predicted molar refractivity (Wildman–Crippen MR) is 68.6 cm³/mol. The number of aliphatic hydroxyl groups is 1. The third-order valence-corrected chi connectivity index (χ3v) is 3.91. The topological polar surface area (TPSA) is 87.1 Å². The Morgan fingerprint density at radius 1 is 1.42 bits per heavy atom. The van der Waals surface area contributed by atoms with Crippen LogP contribution in [-0.4, -0.2) is 58.9 Å². The van der Waals surface area contributed by atoms with Crippen molar-refractivity contribution in [2.45, 2.75) is 19.1 Å². The van der Waals surface area contributed by atoms with Gasteiger partial charge in [-0.1, -0.05) is 0 Å². The molecule has 1 aromatic rings. The molecule has 1 saturated heterocycles. The Hall–Kier alpha value is -1.44. The number of hydrogen-bond donors (Lipinski definition) is 2. The molecule has 2 N–H and O–H groups in total. The summed E-state index contributed by atoms with van der Waals surface area (Å²) in [7, 11) is 0. The smallest absolute Gasteiger partial charge is 0.345 e.